The third-order valence-electron chi connectivity index (χ3n) is 4.91. The summed E-state index contributed by atoms with van der Waals surface area (Å²) >= 11 is 0. The Bertz CT molecular complexity index is 1300. The highest BCUT2D eigenvalue weighted by Gasteiger charge is 2.13. The molecule has 0 unspecified atom stereocenters. The Kier molecular flexibility index (Phi) is 5.66. The lowest BCUT2D eigenvalue weighted by Crippen LogP contribution is -2.26. The summed E-state index contributed by atoms with van der Waals surface area (Å²) in [5.74, 6) is 1.43. The first kappa shape index (κ1) is 20.2. The second-order valence-electron chi connectivity index (χ2n) is 6.94. The summed E-state index contributed by atoms with van der Waals surface area (Å²) in [6.45, 7) is 0.273. The van der Waals surface area contributed by atoms with E-state index in [1.165, 1.54) is 10.6 Å². The molecule has 7 nitrogen and oxygen atoms in total. The maximum absolute atomic E-state index is 12.7. The van der Waals surface area contributed by atoms with Gasteiger partial charge in [0, 0.05) is 43.4 Å². The first-order valence-electron chi connectivity index (χ1n) is 9.69. The molecule has 0 spiro atoms. The first-order chi connectivity index (χ1) is 15.0. The predicted molar refractivity (Wildman–Crippen MR) is 118 cm³/mol. The maximum atomic E-state index is 12.7. The number of aromatic nitrogens is 2. The fraction of sp³-hybridized carbons (Fsp3) is 0.125. The zero-order valence-electron chi connectivity index (χ0n) is 17.2. The van der Waals surface area contributed by atoms with Gasteiger partial charge in [-0.3, -0.25) is 9.59 Å². The Morgan fingerprint density at radius 1 is 1.03 bits per heavy atom. The molecule has 4 aromatic rings. The van der Waals surface area contributed by atoms with Crippen LogP contribution in [0.3, 0.4) is 0 Å². The van der Waals surface area contributed by atoms with E-state index in [1.807, 2.05) is 48.5 Å². The van der Waals surface area contributed by atoms with Crippen LogP contribution in [0.25, 0.3) is 10.9 Å². The van der Waals surface area contributed by atoms with Crippen molar-refractivity contribution in [2.45, 2.75) is 6.54 Å². The number of benzene rings is 2. The van der Waals surface area contributed by atoms with Crippen molar-refractivity contribution >= 4 is 16.8 Å². The normalized spacial score (nSPS) is 10.6. The van der Waals surface area contributed by atoms with Gasteiger partial charge in [0.05, 0.1) is 18.2 Å². The average molecular weight is 415 g/mol. The summed E-state index contributed by atoms with van der Waals surface area (Å²) in [5.41, 5.74) is 1.63. The SMILES string of the molecule is COc1cccc(Oc2ccc(CNC(=O)c3cc(=O)n(C)c4ccccc34)cn2)c1. The summed E-state index contributed by atoms with van der Waals surface area (Å²) in [6.07, 6.45) is 1.64. The predicted octanol–water partition coefficient (Wildman–Crippen LogP) is 3.66. The van der Waals surface area contributed by atoms with Crippen molar-refractivity contribution in [2.24, 2.45) is 7.05 Å². The van der Waals surface area contributed by atoms with Gasteiger partial charge in [0.15, 0.2) is 0 Å². The van der Waals surface area contributed by atoms with E-state index in [-0.39, 0.29) is 18.0 Å². The van der Waals surface area contributed by atoms with E-state index < -0.39 is 0 Å². The Hall–Kier alpha value is -4.13. The van der Waals surface area contributed by atoms with Crippen LogP contribution in [0.4, 0.5) is 0 Å². The molecule has 0 aliphatic heterocycles. The van der Waals surface area contributed by atoms with Crippen LogP contribution in [0, 0.1) is 0 Å². The summed E-state index contributed by atoms with van der Waals surface area (Å²) in [5, 5.41) is 3.58. The van der Waals surface area contributed by atoms with Gasteiger partial charge < -0.3 is 19.4 Å². The number of carbonyl (C=O) groups excluding carboxylic acids is 1. The Balaban J connectivity index is 1.45. The van der Waals surface area contributed by atoms with Crippen molar-refractivity contribution in [1.29, 1.82) is 0 Å². The molecule has 0 aliphatic rings. The van der Waals surface area contributed by atoms with E-state index in [4.69, 9.17) is 9.47 Å². The van der Waals surface area contributed by atoms with Crippen LogP contribution >= 0.6 is 0 Å². The molecule has 31 heavy (non-hydrogen) atoms. The molecule has 7 heteroatoms. The molecule has 4 rings (SSSR count). The number of nitrogens with zero attached hydrogens (tertiary/aromatic N) is 2. The van der Waals surface area contributed by atoms with E-state index >= 15 is 0 Å². The largest absolute Gasteiger partial charge is 0.497 e. The number of pyridine rings is 2. The number of methoxy groups -OCH3 is 1. The van der Waals surface area contributed by atoms with Gasteiger partial charge >= 0.3 is 0 Å². The summed E-state index contributed by atoms with van der Waals surface area (Å²) < 4.78 is 12.4. The average Bonchev–Trinajstić information content (AvgIpc) is 2.81. The van der Waals surface area contributed by atoms with Crippen molar-refractivity contribution < 1.29 is 14.3 Å². The van der Waals surface area contributed by atoms with Crippen molar-refractivity contribution in [1.82, 2.24) is 14.9 Å². The number of hydrogen-bond acceptors (Lipinski definition) is 5. The van der Waals surface area contributed by atoms with Crippen LogP contribution in [-0.4, -0.2) is 22.6 Å². The topological polar surface area (TPSA) is 82.5 Å². The molecule has 0 radical (unpaired) electrons. The van der Waals surface area contributed by atoms with Crippen molar-refractivity contribution in [3.8, 4) is 17.4 Å². The van der Waals surface area contributed by atoms with E-state index in [9.17, 15) is 9.59 Å². The molecule has 0 bridgehead atoms. The smallest absolute Gasteiger partial charge is 0.252 e. The minimum atomic E-state index is -0.314. The zero-order valence-corrected chi connectivity index (χ0v) is 17.2. The first-order valence-corrected chi connectivity index (χ1v) is 9.69. The minimum Gasteiger partial charge on any atom is -0.497 e. The van der Waals surface area contributed by atoms with Crippen molar-refractivity contribution in [3.05, 3.63) is 94.4 Å². The highest BCUT2D eigenvalue weighted by atomic mass is 16.5. The summed E-state index contributed by atoms with van der Waals surface area (Å²) in [6, 6.07) is 19.5. The number of fused-ring (bicyclic) bond motifs is 1. The van der Waals surface area contributed by atoms with Gasteiger partial charge in [-0.1, -0.05) is 30.3 Å². The molecule has 2 heterocycles. The fourth-order valence-corrected chi connectivity index (χ4v) is 3.24. The maximum Gasteiger partial charge on any atom is 0.252 e. The second-order valence-corrected chi connectivity index (χ2v) is 6.94. The molecular weight excluding hydrogens is 394 g/mol. The molecule has 0 atom stereocenters. The molecule has 0 saturated heterocycles. The van der Waals surface area contributed by atoms with Crippen LogP contribution in [0.2, 0.25) is 0 Å². The van der Waals surface area contributed by atoms with Crippen LogP contribution in [0.15, 0.2) is 77.7 Å². The molecule has 2 aromatic carbocycles. The fourth-order valence-electron chi connectivity index (χ4n) is 3.24. The van der Waals surface area contributed by atoms with Gasteiger partial charge in [0.1, 0.15) is 11.5 Å². The molecular formula is C24H21N3O4. The van der Waals surface area contributed by atoms with Gasteiger partial charge in [-0.15, -0.1) is 0 Å². The second kappa shape index (κ2) is 8.71. The van der Waals surface area contributed by atoms with E-state index in [1.54, 1.807) is 32.5 Å². The molecule has 0 saturated carbocycles. The number of aryl methyl sites for hydroxylation is 1. The molecule has 1 amide bonds. The highest BCUT2D eigenvalue weighted by Crippen LogP contribution is 2.24. The Morgan fingerprint density at radius 3 is 2.61 bits per heavy atom. The number of para-hydroxylation sites is 1. The van der Waals surface area contributed by atoms with Gasteiger partial charge in [-0.25, -0.2) is 4.98 Å². The Morgan fingerprint density at radius 2 is 1.84 bits per heavy atom. The van der Waals surface area contributed by atoms with Crippen molar-refractivity contribution in [3.63, 3.8) is 0 Å². The number of ether oxygens (including phenoxy) is 2. The number of rotatable bonds is 6. The van der Waals surface area contributed by atoms with Crippen LogP contribution in [0.1, 0.15) is 15.9 Å². The number of nitrogens with one attached hydrogen (secondary N) is 1. The summed E-state index contributed by atoms with van der Waals surface area (Å²) in [7, 11) is 3.28. The molecule has 1 N–H and O–H groups in total. The summed E-state index contributed by atoms with van der Waals surface area (Å²) in [4.78, 5) is 29.2. The van der Waals surface area contributed by atoms with Gasteiger partial charge in [-0.05, 0) is 23.8 Å². The molecule has 0 fully saturated rings. The van der Waals surface area contributed by atoms with E-state index in [0.29, 0.717) is 28.5 Å². The number of amides is 1. The lowest BCUT2D eigenvalue weighted by molar-refractivity contribution is 0.0952. The van der Waals surface area contributed by atoms with Crippen molar-refractivity contribution in [2.75, 3.05) is 7.11 Å². The third-order valence-corrected chi connectivity index (χ3v) is 4.91. The monoisotopic (exact) mass is 415 g/mol. The van der Waals surface area contributed by atoms with Crippen LogP contribution < -0.4 is 20.3 Å². The minimum absolute atomic E-state index is 0.232. The molecule has 0 aliphatic carbocycles. The van der Waals surface area contributed by atoms with E-state index in [2.05, 4.69) is 10.3 Å². The standard InChI is InChI=1S/C24H21N3O4/c1-27-21-9-4-3-8-19(21)20(13-23(27)28)24(29)26-15-16-10-11-22(25-14-16)31-18-7-5-6-17(12-18)30-2/h3-14H,15H2,1-2H3,(H,26,29). The highest BCUT2D eigenvalue weighted by molar-refractivity contribution is 6.06. The molecule has 156 valence electrons. The number of hydrogen-bond donors (Lipinski definition) is 1. The lowest BCUT2D eigenvalue weighted by Gasteiger charge is -2.11. The lowest BCUT2D eigenvalue weighted by atomic mass is 10.1. The Labute approximate surface area is 178 Å². The van der Waals surface area contributed by atoms with Gasteiger partial charge in [0.2, 0.25) is 5.88 Å². The molecule has 2 aromatic heterocycles. The van der Waals surface area contributed by atoms with Crippen LogP contribution in [-0.2, 0) is 13.6 Å². The third kappa shape index (κ3) is 4.40. The number of carbonyl (C=O) groups is 1. The van der Waals surface area contributed by atoms with Crippen LogP contribution in [0.5, 0.6) is 17.4 Å². The zero-order chi connectivity index (χ0) is 21.8. The quantitative estimate of drug-likeness (QED) is 0.520. The van der Waals surface area contributed by atoms with Gasteiger partial charge in [0.25, 0.3) is 11.5 Å². The van der Waals surface area contributed by atoms with Gasteiger partial charge in [-0.2, -0.15) is 0 Å². The van der Waals surface area contributed by atoms with E-state index in [0.717, 1.165) is 10.9 Å².